The number of hydrogen-bond acceptors (Lipinski definition) is 8. The van der Waals surface area contributed by atoms with Gasteiger partial charge in [-0.3, -0.25) is 15.1 Å². The van der Waals surface area contributed by atoms with Gasteiger partial charge in [-0.1, -0.05) is 41.7 Å². The molecule has 0 radical (unpaired) electrons. The molecule has 2 aromatic heterocycles. The first-order valence-electron chi connectivity index (χ1n) is 9.73. The van der Waals surface area contributed by atoms with Gasteiger partial charge < -0.3 is 14.6 Å². The maximum Gasteiger partial charge on any atom is 0.257 e. The van der Waals surface area contributed by atoms with Gasteiger partial charge in [-0.05, 0) is 35.9 Å². The van der Waals surface area contributed by atoms with Crippen LogP contribution in [0.25, 0.3) is 10.6 Å². The third-order valence-electron chi connectivity index (χ3n) is 4.60. The molecule has 0 aliphatic carbocycles. The van der Waals surface area contributed by atoms with Crippen LogP contribution >= 0.6 is 11.3 Å². The highest BCUT2D eigenvalue weighted by Crippen LogP contribution is 2.33. The van der Waals surface area contributed by atoms with Crippen LogP contribution in [0, 0.1) is 0 Å². The summed E-state index contributed by atoms with van der Waals surface area (Å²) in [5, 5.41) is 21.7. The van der Waals surface area contributed by atoms with Gasteiger partial charge in [0.1, 0.15) is 11.1 Å². The lowest BCUT2D eigenvalue weighted by Gasteiger charge is -2.19. The van der Waals surface area contributed by atoms with Crippen LogP contribution in [0.5, 0.6) is 11.5 Å². The summed E-state index contributed by atoms with van der Waals surface area (Å²) in [6, 6.07) is 17.9. The molecule has 4 aromatic rings. The van der Waals surface area contributed by atoms with Crippen molar-refractivity contribution in [1.29, 1.82) is 0 Å². The number of nitrogens with one attached hydrogen (secondary N) is 1. The SMILES string of the molecule is COc1cc(C(=O)Nc2nnc(-c3ccncc3)s2)ccc1OC(CO)c1ccccc1. The van der Waals surface area contributed by atoms with E-state index in [-0.39, 0.29) is 12.5 Å². The number of amides is 1. The lowest BCUT2D eigenvalue weighted by molar-refractivity contribution is 0.102. The number of aromatic nitrogens is 3. The van der Waals surface area contributed by atoms with Crippen LogP contribution < -0.4 is 14.8 Å². The summed E-state index contributed by atoms with van der Waals surface area (Å²) in [6.45, 7) is -0.202. The number of anilines is 1. The van der Waals surface area contributed by atoms with Gasteiger partial charge in [0, 0.05) is 23.5 Å². The molecule has 0 spiro atoms. The second kappa shape index (κ2) is 9.99. The minimum Gasteiger partial charge on any atom is -0.493 e. The van der Waals surface area contributed by atoms with Crippen molar-refractivity contribution < 1.29 is 19.4 Å². The molecule has 0 saturated carbocycles. The highest BCUT2D eigenvalue weighted by atomic mass is 32.1. The number of methoxy groups -OCH3 is 1. The summed E-state index contributed by atoms with van der Waals surface area (Å²) in [5.41, 5.74) is 2.08. The standard InChI is InChI=1S/C23H20N4O4S/c1-30-19-13-17(7-8-18(19)31-20(14-28)15-5-3-2-4-6-15)21(29)25-23-27-26-22(32-23)16-9-11-24-12-10-16/h2-13,20,28H,14H2,1H3,(H,25,27,29). The van der Waals surface area contributed by atoms with Crippen molar-refractivity contribution in [2.45, 2.75) is 6.10 Å². The number of carbonyl (C=O) groups is 1. The van der Waals surface area contributed by atoms with E-state index >= 15 is 0 Å². The molecule has 0 bridgehead atoms. The van der Waals surface area contributed by atoms with Crippen molar-refractivity contribution in [1.82, 2.24) is 15.2 Å². The molecule has 0 fully saturated rings. The predicted octanol–water partition coefficient (Wildman–Crippen LogP) is 3.97. The van der Waals surface area contributed by atoms with Crippen molar-refractivity contribution in [3.8, 4) is 22.1 Å². The van der Waals surface area contributed by atoms with E-state index in [1.807, 2.05) is 42.5 Å². The first-order valence-corrected chi connectivity index (χ1v) is 10.6. The van der Waals surface area contributed by atoms with Gasteiger partial charge in [0.25, 0.3) is 5.91 Å². The summed E-state index contributed by atoms with van der Waals surface area (Å²) in [7, 11) is 1.49. The van der Waals surface area contributed by atoms with E-state index in [1.54, 1.807) is 30.6 Å². The van der Waals surface area contributed by atoms with Gasteiger partial charge >= 0.3 is 0 Å². The molecule has 1 atom stereocenters. The first-order chi connectivity index (χ1) is 15.7. The molecule has 2 heterocycles. The Morgan fingerprint density at radius 1 is 1.06 bits per heavy atom. The van der Waals surface area contributed by atoms with E-state index in [0.717, 1.165) is 11.1 Å². The lowest BCUT2D eigenvalue weighted by Crippen LogP contribution is -2.14. The molecular formula is C23H20N4O4S. The fourth-order valence-electron chi connectivity index (χ4n) is 2.99. The first kappa shape index (κ1) is 21.4. The minimum atomic E-state index is -0.558. The average Bonchev–Trinajstić information content (AvgIpc) is 3.32. The second-order valence-electron chi connectivity index (χ2n) is 6.67. The fourth-order valence-corrected chi connectivity index (χ4v) is 3.74. The number of nitrogens with zero attached hydrogens (tertiary/aromatic N) is 3. The molecule has 0 aliphatic rings. The Bertz CT molecular complexity index is 1190. The van der Waals surface area contributed by atoms with Crippen LogP contribution in [0.2, 0.25) is 0 Å². The van der Waals surface area contributed by atoms with Gasteiger partial charge in [0.15, 0.2) is 11.5 Å². The van der Waals surface area contributed by atoms with E-state index in [4.69, 9.17) is 9.47 Å². The van der Waals surface area contributed by atoms with Crippen LogP contribution in [-0.4, -0.2) is 39.9 Å². The maximum atomic E-state index is 12.7. The fraction of sp³-hybridized carbons (Fsp3) is 0.130. The number of carbonyl (C=O) groups excluding carboxylic acids is 1. The van der Waals surface area contributed by atoms with E-state index in [1.165, 1.54) is 18.4 Å². The normalized spacial score (nSPS) is 11.6. The van der Waals surface area contributed by atoms with Crippen LogP contribution in [0.4, 0.5) is 5.13 Å². The number of pyridine rings is 1. The number of aliphatic hydroxyl groups is 1. The van der Waals surface area contributed by atoms with Gasteiger partial charge in [-0.25, -0.2) is 0 Å². The minimum absolute atomic E-state index is 0.202. The molecule has 1 amide bonds. The Labute approximate surface area is 188 Å². The van der Waals surface area contributed by atoms with Gasteiger partial charge in [-0.15, -0.1) is 10.2 Å². The van der Waals surface area contributed by atoms with Gasteiger partial charge in [0.05, 0.1) is 13.7 Å². The molecule has 2 aromatic carbocycles. The highest BCUT2D eigenvalue weighted by Gasteiger charge is 2.18. The quantitative estimate of drug-likeness (QED) is 0.420. The zero-order valence-electron chi connectivity index (χ0n) is 17.1. The Balaban J connectivity index is 1.48. The van der Waals surface area contributed by atoms with E-state index in [0.29, 0.717) is 27.2 Å². The molecule has 8 nitrogen and oxygen atoms in total. The Hall–Kier alpha value is -3.82. The number of benzene rings is 2. The molecule has 2 N–H and O–H groups in total. The summed E-state index contributed by atoms with van der Waals surface area (Å²) in [5.74, 6) is 0.443. The Kier molecular flexibility index (Phi) is 6.69. The van der Waals surface area contributed by atoms with Crippen molar-refractivity contribution in [2.75, 3.05) is 19.0 Å². The monoisotopic (exact) mass is 448 g/mol. The molecule has 162 valence electrons. The zero-order chi connectivity index (χ0) is 22.3. The number of rotatable bonds is 8. The molecular weight excluding hydrogens is 428 g/mol. The van der Waals surface area contributed by atoms with Gasteiger partial charge in [0.2, 0.25) is 5.13 Å². The molecule has 9 heteroatoms. The number of aliphatic hydroxyl groups excluding tert-OH is 1. The van der Waals surface area contributed by atoms with Crippen molar-refractivity contribution in [3.05, 3.63) is 84.2 Å². The predicted molar refractivity (Wildman–Crippen MR) is 121 cm³/mol. The lowest BCUT2D eigenvalue weighted by atomic mass is 10.1. The number of hydrogen-bond donors (Lipinski definition) is 2. The summed E-state index contributed by atoms with van der Waals surface area (Å²) >= 11 is 1.27. The largest absolute Gasteiger partial charge is 0.493 e. The topological polar surface area (TPSA) is 106 Å². The van der Waals surface area contributed by atoms with E-state index in [9.17, 15) is 9.90 Å². The van der Waals surface area contributed by atoms with E-state index in [2.05, 4.69) is 20.5 Å². The van der Waals surface area contributed by atoms with Crippen LogP contribution in [0.3, 0.4) is 0 Å². The summed E-state index contributed by atoms with van der Waals surface area (Å²) in [4.78, 5) is 16.7. The molecule has 0 aliphatic heterocycles. The van der Waals surface area contributed by atoms with Crippen LogP contribution in [0.1, 0.15) is 22.0 Å². The average molecular weight is 449 g/mol. The van der Waals surface area contributed by atoms with Crippen molar-refractivity contribution >= 4 is 22.4 Å². The smallest absolute Gasteiger partial charge is 0.257 e. The van der Waals surface area contributed by atoms with Crippen LogP contribution in [0.15, 0.2) is 73.1 Å². The third-order valence-corrected chi connectivity index (χ3v) is 5.49. The summed E-state index contributed by atoms with van der Waals surface area (Å²) in [6.07, 6.45) is 2.78. The van der Waals surface area contributed by atoms with E-state index < -0.39 is 6.10 Å². The number of ether oxygens (including phenoxy) is 2. The van der Waals surface area contributed by atoms with Crippen LogP contribution in [-0.2, 0) is 0 Å². The second-order valence-corrected chi connectivity index (χ2v) is 7.65. The molecule has 4 rings (SSSR count). The third kappa shape index (κ3) is 4.90. The molecule has 0 saturated heterocycles. The molecule has 32 heavy (non-hydrogen) atoms. The Morgan fingerprint density at radius 2 is 1.84 bits per heavy atom. The highest BCUT2D eigenvalue weighted by molar-refractivity contribution is 7.18. The van der Waals surface area contributed by atoms with Crippen molar-refractivity contribution in [3.63, 3.8) is 0 Å². The maximum absolute atomic E-state index is 12.7. The Morgan fingerprint density at radius 3 is 2.56 bits per heavy atom. The summed E-state index contributed by atoms with van der Waals surface area (Å²) < 4.78 is 11.4. The van der Waals surface area contributed by atoms with Gasteiger partial charge in [-0.2, -0.15) is 0 Å². The molecule has 1 unspecified atom stereocenters. The van der Waals surface area contributed by atoms with Crippen molar-refractivity contribution in [2.24, 2.45) is 0 Å². The zero-order valence-corrected chi connectivity index (χ0v) is 18.0.